The van der Waals surface area contributed by atoms with Gasteiger partial charge >= 0.3 is 0 Å². The Balaban J connectivity index is 1.88. The normalized spacial score (nSPS) is 11.6. The van der Waals surface area contributed by atoms with E-state index in [4.69, 9.17) is 15.0 Å². The molecule has 0 amide bonds. The molecule has 0 radical (unpaired) electrons. The second-order valence-electron chi connectivity index (χ2n) is 6.98. The molecule has 0 N–H and O–H groups in total. The van der Waals surface area contributed by atoms with E-state index in [0.29, 0.717) is 17.5 Å². The van der Waals surface area contributed by atoms with Gasteiger partial charge in [0.1, 0.15) is 0 Å². The van der Waals surface area contributed by atoms with Gasteiger partial charge in [0.25, 0.3) is 0 Å². The van der Waals surface area contributed by atoms with E-state index < -0.39 is 0 Å². The van der Waals surface area contributed by atoms with Crippen LogP contribution in [0.25, 0.3) is 39.7 Å². The van der Waals surface area contributed by atoms with E-state index in [1.807, 2.05) is 91.9 Å². The third kappa shape index (κ3) is 4.73. The second-order valence-corrected chi connectivity index (χ2v) is 6.98. The van der Waals surface area contributed by atoms with E-state index in [2.05, 4.69) is 24.8 Å². The van der Waals surface area contributed by atoms with Gasteiger partial charge in [0.05, 0.1) is 0 Å². The lowest BCUT2D eigenvalue weighted by Gasteiger charge is -2.10. The Morgan fingerprint density at radius 1 is 0.677 bits per heavy atom. The molecule has 1 aromatic heterocycles. The van der Waals surface area contributed by atoms with Crippen LogP contribution in [0.2, 0.25) is 0 Å². The molecule has 0 spiro atoms. The van der Waals surface area contributed by atoms with Crippen molar-refractivity contribution in [1.29, 1.82) is 0 Å². The fourth-order valence-electron chi connectivity index (χ4n) is 3.33. The Kier molecular flexibility index (Phi) is 6.24. The van der Waals surface area contributed by atoms with E-state index >= 15 is 0 Å². The predicted molar refractivity (Wildman–Crippen MR) is 129 cm³/mol. The summed E-state index contributed by atoms with van der Waals surface area (Å²) in [5, 5.41) is 0. The van der Waals surface area contributed by atoms with E-state index in [9.17, 15) is 0 Å². The lowest BCUT2D eigenvalue weighted by molar-refractivity contribution is 1.07. The zero-order valence-corrected chi connectivity index (χ0v) is 17.4. The van der Waals surface area contributed by atoms with Crippen LogP contribution in [-0.4, -0.2) is 15.0 Å². The SMILES string of the molecule is C=C/C=C(\C=C/C)c1cccc(-c2nc(-c3ccccc3)nc(-c3ccccc3)n2)c1. The van der Waals surface area contributed by atoms with Gasteiger partial charge < -0.3 is 0 Å². The molecule has 0 unspecified atom stereocenters. The summed E-state index contributed by atoms with van der Waals surface area (Å²) in [6.45, 7) is 5.84. The van der Waals surface area contributed by atoms with E-state index in [0.717, 1.165) is 27.8 Å². The molecule has 3 aromatic carbocycles. The van der Waals surface area contributed by atoms with Crippen LogP contribution in [0.4, 0.5) is 0 Å². The van der Waals surface area contributed by atoms with Crippen molar-refractivity contribution in [2.75, 3.05) is 0 Å². The Bertz CT molecular complexity index is 1180. The molecular weight excluding hydrogens is 378 g/mol. The predicted octanol–water partition coefficient (Wildman–Crippen LogP) is 7.02. The van der Waals surface area contributed by atoms with Gasteiger partial charge in [-0.1, -0.05) is 110 Å². The monoisotopic (exact) mass is 401 g/mol. The largest absolute Gasteiger partial charge is 0.208 e. The molecule has 0 atom stereocenters. The lowest BCUT2D eigenvalue weighted by atomic mass is 10.0. The minimum atomic E-state index is 0.646. The Morgan fingerprint density at radius 3 is 1.71 bits per heavy atom. The maximum Gasteiger partial charge on any atom is 0.164 e. The van der Waals surface area contributed by atoms with Crippen molar-refractivity contribution in [3.8, 4) is 34.2 Å². The first-order valence-corrected chi connectivity index (χ1v) is 10.2. The smallest absolute Gasteiger partial charge is 0.164 e. The minimum Gasteiger partial charge on any atom is -0.208 e. The van der Waals surface area contributed by atoms with Crippen molar-refractivity contribution in [3.63, 3.8) is 0 Å². The number of hydrogen-bond donors (Lipinski definition) is 0. The summed E-state index contributed by atoms with van der Waals surface area (Å²) in [7, 11) is 0. The average Bonchev–Trinajstić information content (AvgIpc) is 2.85. The summed E-state index contributed by atoms with van der Waals surface area (Å²) in [6, 6.07) is 28.2. The highest BCUT2D eigenvalue weighted by Gasteiger charge is 2.12. The fraction of sp³-hybridized carbons (Fsp3) is 0.0357. The Labute approximate surface area is 183 Å². The van der Waals surface area contributed by atoms with Crippen molar-refractivity contribution in [2.24, 2.45) is 0 Å². The summed E-state index contributed by atoms with van der Waals surface area (Å²) in [4.78, 5) is 14.4. The van der Waals surface area contributed by atoms with Gasteiger partial charge in [-0.2, -0.15) is 0 Å². The number of aromatic nitrogens is 3. The molecular formula is C28H23N3. The van der Waals surface area contributed by atoms with E-state index in [1.165, 1.54) is 0 Å². The van der Waals surface area contributed by atoms with Crippen LogP contribution < -0.4 is 0 Å². The molecule has 4 aromatic rings. The lowest BCUT2D eigenvalue weighted by Crippen LogP contribution is -2.00. The Morgan fingerprint density at radius 2 is 1.19 bits per heavy atom. The molecule has 0 saturated carbocycles. The third-order valence-corrected chi connectivity index (χ3v) is 4.80. The molecule has 31 heavy (non-hydrogen) atoms. The van der Waals surface area contributed by atoms with Crippen molar-refractivity contribution in [3.05, 3.63) is 121 Å². The van der Waals surface area contributed by atoms with Crippen LogP contribution in [0, 0.1) is 0 Å². The number of nitrogens with zero attached hydrogens (tertiary/aromatic N) is 3. The van der Waals surface area contributed by atoms with Crippen LogP contribution in [-0.2, 0) is 0 Å². The van der Waals surface area contributed by atoms with Crippen LogP contribution in [0.5, 0.6) is 0 Å². The van der Waals surface area contributed by atoms with E-state index in [1.54, 1.807) is 6.08 Å². The van der Waals surface area contributed by atoms with Crippen LogP contribution in [0.3, 0.4) is 0 Å². The molecule has 0 bridgehead atoms. The fourth-order valence-corrected chi connectivity index (χ4v) is 3.33. The summed E-state index contributed by atoms with van der Waals surface area (Å²) in [5.74, 6) is 1.96. The number of hydrogen-bond acceptors (Lipinski definition) is 3. The summed E-state index contributed by atoms with van der Waals surface area (Å²) >= 11 is 0. The topological polar surface area (TPSA) is 38.7 Å². The highest BCUT2D eigenvalue weighted by Crippen LogP contribution is 2.27. The molecule has 0 saturated heterocycles. The molecule has 0 aliphatic carbocycles. The van der Waals surface area contributed by atoms with Gasteiger partial charge in [-0.05, 0) is 24.1 Å². The van der Waals surface area contributed by atoms with Gasteiger partial charge in [-0.25, -0.2) is 15.0 Å². The Hall–Kier alpha value is -4.11. The minimum absolute atomic E-state index is 0.646. The number of rotatable bonds is 6. The molecule has 3 nitrogen and oxygen atoms in total. The summed E-state index contributed by atoms with van der Waals surface area (Å²) in [6.07, 6.45) is 7.88. The zero-order chi connectivity index (χ0) is 21.5. The van der Waals surface area contributed by atoms with Crippen molar-refractivity contribution in [2.45, 2.75) is 6.92 Å². The zero-order valence-electron chi connectivity index (χ0n) is 17.4. The first kappa shape index (κ1) is 20.2. The maximum atomic E-state index is 4.81. The van der Waals surface area contributed by atoms with Crippen molar-refractivity contribution in [1.82, 2.24) is 15.0 Å². The van der Waals surface area contributed by atoms with Gasteiger partial charge in [0.2, 0.25) is 0 Å². The first-order valence-electron chi connectivity index (χ1n) is 10.2. The van der Waals surface area contributed by atoms with E-state index in [-0.39, 0.29) is 0 Å². The highest BCUT2D eigenvalue weighted by atomic mass is 15.0. The van der Waals surface area contributed by atoms with Crippen LogP contribution >= 0.6 is 0 Å². The quantitative estimate of drug-likeness (QED) is 0.326. The second kappa shape index (κ2) is 9.59. The number of benzene rings is 3. The summed E-state index contributed by atoms with van der Waals surface area (Å²) < 4.78 is 0. The van der Waals surface area contributed by atoms with Crippen molar-refractivity contribution < 1.29 is 0 Å². The molecule has 150 valence electrons. The van der Waals surface area contributed by atoms with Gasteiger partial charge in [0.15, 0.2) is 17.5 Å². The maximum absolute atomic E-state index is 4.81. The first-order chi connectivity index (χ1) is 15.3. The molecule has 0 aliphatic heterocycles. The number of allylic oxidation sites excluding steroid dienone is 5. The molecule has 0 aliphatic rings. The molecule has 3 heteroatoms. The standard InChI is InChI=1S/C28H23N3/c1-3-12-21(13-4-2)24-18-11-19-25(20-24)28-30-26(22-14-7-5-8-15-22)29-27(31-28)23-16-9-6-10-17-23/h3-20H,1H2,2H3/b13-4-,21-12+. The third-order valence-electron chi connectivity index (χ3n) is 4.80. The van der Waals surface area contributed by atoms with Gasteiger partial charge in [-0.15, -0.1) is 0 Å². The van der Waals surface area contributed by atoms with Gasteiger partial charge in [-0.3, -0.25) is 0 Å². The summed E-state index contributed by atoms with van der Waals surface area (Å²) in [5.41, 5.74) is 5.02. The molecule has 4 rings (SSSR count). The van der Waals surface area contributed by atoms with Crippen LogP contribution in [0.15, 0.2) is 116 Å². The average molecular weight is 402 g/mol. The van der Waals surface area contributed by atoms with Crippen LogP contribution in [0.1, 0.15) is 12.5 Å². The van der Waals surface area contributed by atoms with Crippen molar-refractivity contribution >= 4 is 5.57 Å². The highest BCUT2D eigenvalue weighted by molar-refractivity contribution is 5.78. The molecule has 0 fully saturated rings. The van der Waals surface area contributed by atoms with Gasteiger partial charge in [0, 0.05) is 16.7 Å². The molecule has 1 heterocycles.